The van der Waals surface area contributed by atoms with Crippen LogP contribution >= 0.6 is 11.3 Å². The third kappa shape index (κ3) is 3.76. The second-order valence-electron chi connectivity index (χ2n) is 8.35. The summed E-state index contributed by atoms with van der Waals surface area (Å²) in [6.45, 7) is 9.01. The molecule has 2 aliphatic carbocycles. The summed E-state index contributed by atoms with van der Waals surface area (Å²) in [4.78, 5) is 26.2. The highest BCUT2D eigenvalue weighted by molar-refractivity contribution is 7.17. The first-order valence-electron chi connectivity index (χ1n) is 9.43. The van der Waals surface area contributed by atoms with Crippen molar-refractivity contribution in [2.75, 3.05) is 11.9 Å². The molecule has 5 heteroatoms. The van der Waals surface area contributed by atoms with E-state index >= 15 is 0 Å². The summed E-state index contributed by atoms with van der Waals surface area (Å²) in [6.07, 6.45) is 5.98. The molecule has 4 nitrogen and oxygen atoms in total. The second kappa shape index (κ2) is 7.10. The van der Waals surface area contributed by atoms with E-state index in [-0.39, 0.29) is 23.2 Å². The lowest BCUT2D eigenvalue weighted by atomic mass is 9.72. The van der Waals surface area contributed by atoms with Gasteiger partial charge in [-0.05, 0) is 55.9 Å². The average molecular weight is 364 g/mol. The first-order chi connectivity index (χ1) is 11.8. The van der Waals surface area contributed by atoms with Crippen LogP contribution in [0.3, 0.4) is 0 Å². The number of carbonyl (C=O) groups excluding carboxylic acids is 2. The van der Waals surface area contributed by atoms with Gasteiger partial charge in [-0.1, -0.05) is 27.2 Å². The summed E-state index contributed by atoms with van der Waals surface area (Å²) in [6, 6.07) is 0. The Hall–Kier alpha value is -1.36. The molecule has 138 valence electrons. The van der Waals surface area contributed by atoms with Crippen molar-refractivity contribution in [1.82, 2.24) is 0 Å². The molecule has 1 aromatic rings. The van der Waals surface area contributed by atoms with E-state index in [4.69, 9.17) is 4.74 Å². The lowest BCUT2D eigenvalue weighted by molar-refractivity contribution is -0.122. The van der Waals surface area contributed by atoms with Crippen LogP contribution in [-0.4, -0.2) is 18.5 Å². The number of ether oxygens (including phenoxy) is 1. The zero-order valence-electron chi connectivity index (χ0n) is 15.7. The van der Waals surface area contributed by atoms with Crippen LogP contribution in [0.4, 0.5) is 5.00 Å². The predicted molar refractivity (Wildman–Crippen MR) is 101 cm³/mol. The van der Waals surface area contributed by atoms with Gasteiger partial charge in [0.05, 0.1) is 12.2 Å². The molecule has 2 aliphatic rings. The molecule has 1 heterocycles. The maximum absolute atomic E-state index is 12.5. The number of thiophene rings is 1. The third-order valence-corrected chi connectivity index (χ3v) is 6.85. The Morgan fingerprint density at radius 1 is 1.24 bits per heavy atom. The van der Waals surface area contributed by atoms with Crippen LogP contribution in [0.5, 0.6) is 0 Å². The molecular formula is C20H29NO3S. The van der Waals surface area contributed by atoms with E-state index in [1.807, 2.05) is 6.92 Å². The minimum Gasteiger partial charge on any atom is -0.462 e. The van der Waals surface area contributed by atoms with Crippen LogP contribution in [0.1, 0.15) is 74.2 Å². The molecule has 25 heavy (non-hydrogen) atoms. The van der Waals surface area contributed by atoms with Crippen molar-refractivity contribution in [3.8, 4) is 0 Å². The molecule has 0 spiro atoms. The van der Waals surface area contributed by atoms with Gasteiger partial charge in [0.2, 0.25) is 5.91 Å². The van der Waals surface area contributed by atoms with Crippen LogP contribution in [-0.2, 0) is 22.4 Å². The normalized spacial score (nSPS) is 20.6. The van der Waals surface area contributed by atoms with E-state index in [1.165, 1.54) is 4.88 Å². The number of rotatable bonds is 4. The summed E-state index contributed by atoms with van der Waals surface area (Å²) >= 11 is 1.58. The van der Waals surface area contributed by atoms with Crippen LogP contribution in [0.15, 0.2) is 0 Å². The van der Waals surface area contributed by atoms with Crippen molar-refractivity contribution in [2.45, 2.75) is 66.2 Å². The molecule has 0 aliphatic heterocycles. The summed E-state index contributed by atoms with van der Waals surface area (Å²) in [7, 11) is 0. The van der Waals surface area contributed by atoms with Gasteiger partial charge in [-0.3, -0.25) is 4.79 Å². The fraction of sp³-hybridized carbons (Fsp3) is 0.700. The number of anilines is 1. The Bertz CT molecular complexity index is 667. The van der Waals surface area contributed by atoms with Gasteiger partial charge in [0.15, 0.2) is 0 Å². The van der Waals surface area contributed by atoms with Gasteiger partial charge in [-0.15, -0.1) is 11.3 Å². The van der Waals surface area contributed by atoms with Gasteiger partial charge in [-0.2, -0.15) is 0 Å². The highest BCUT2D eigenvalue weighted by atomic mass is 32.1. The Morgan fingerprint density at radius 3 is 2.52 bits per heavy atom. The molecule has 0 saturated heterocycles. The van der Waals surface area contributed by atoms with Crippen molar-refractivity contribution in [1.29, 1.82) is 0 Å². The van der Waals surface area contributed by atoms with Gasteiger partial charge in [0.25, 0.3) is 0 Å². The first kappa shape index (κ1) is 18.4. The number of amides is 1. The molecule has 1 aromatic heterocycles. The fourth-order valence-electron chi connectivity index (χ4n) is 3.72. The van der Waals surface area contributed by atoms with Crippen LogP contribution in [0.25, 0.3) is 0 Å². The third-order valence-electron chi connectivity index (χ3n) is 5.68. The van der Waals surface area contributed by atoms with E-state index in [2.05, 4.69) is 26.1 Å². The smallest absolute Gasteiger partial charge is 0.341 e. The zero-order valence-corrected chi connectivity index (χ0v) is 16.6. The van der Waals surface area contributed by atoms with Crippen molar-refractivity contribution < 1.29 is 14.3 Å². The maximum atomic E-state index is 12.5. The summed E-state index contributed by atoms with van der Waals surface area (Å²) in [5.74, 6) is 0.473. The standard InChI is InChI=1S/C20H29NO3S/c1-5-24-19(23)16-14-10-9-13(20(2,3)4)11-15(14)25-18(16)21-17(22)12-7-6-8-12/h12-13H,5-11H2,1-4H3,(H,21,22)/t13-/m1/s1. The lowest BCUT2D eigenvalue weighted by Crippen LogP contribution is -2.28. The van der Waals surface area contributed by atoms with E-state index in [1.54, 1.807) is 11.3 Å². The van der Waals surface area contributed by atoms with Gasteiger partial charge < -0.3 is 10.1 Å². The fourth-order valence-corrected chi connectivity index (χ4v) is 5.04. The molecule has 1 N–H and O–H groups in total. The monoisotopic (exact) mass is 363 g/mol. The number of hydrogen-bond donors (Lipinski definition) is 1. The molecule has 3 rings (SSSR count). The SMILES string of the molecule is CCOC(=O)c1c(NC(=O)C2CCC2)sc2c1CC[C@@H](C(C)(C)C)C2. The van der Waals surface area contributed by atoms with Crippen molar-refractivity contribution in [3.05, 3.63) is 16.0 Å². The molecular weight excluding hydrogens is 334 g/mol. The highest BCUT2D eigenvalue weighted by Crippen LogP contribution is 2.44. The first-order valence-corrected chi connectivity index (χ1v) is 10.3. The molecule has 1 amide bonds. The lowest BCUT2D eigenvalue weighted by Gasteiger charge is -2.33. The average Bonchev–Trinajstić information content (AvgIpc) is 2.81. The summed E-state index contributed by atoms with van der Waals surface area (Å²) < 4.78 is 5.29. The van der Waals surface area contributed by atoms with E-state index < -0.39 is 0 Å². The van der Waals surface area contributed by atoms with E-state index in [0.717, 1.165) is 44.1 Å². The van der Waals surface area contributed by atoms with Crippen LogP contribution in [0, 0.1) is 17.3 Å². The second-order valence-corrected chi connectivity index (χ2v) is 9.46. The maximum Gasteiger partial charge on any atom is 0.341 e. The topological polar surface area (TPSA) is 55.4 Å². The van der Waals surface area contributed by atoms with Crippen molar-refractivity contribution >= 4 is 28.2 Å². The van der Waals surface area contributed by atoms with Crippen LogP contribution < -0.4 is 5.32 Å². The zero-order chi connectivity index (χ0) is 18.2. The van der Waals surface area contributed by atoms with Crippen LogP contribution in [0.2, 0.25) is 0 Å². The minimum atomic E-state index is -0.293. The Balaban J connectivity index is 1.90. The molecule has 1 atom stereocenters. The summed E-state index contributed by atoms with van der Waals surface area (Å²) in [5.41, 5.74) is 1.97. The van der Waals surface area contributed by atoms with Gasteiger partial charge in [-0.25, -0.2) is 4.79 Å². The molecule has 1 fully saturated rings. The number of fused-ring (bicyclic) bond motifs is 1. The van der Waals surface area contributed by atoms with Gasteiger partial charge >= 0.3 is 5.97 Å². The Morgan fingerprint density at radius 2 is 1.96 bits per heavy atom. The molecule has 1 saturated carbocycles. The minimum absolute atomic E-state index is 0.0581. The highest BCUT2D eigenvalue weighted by Gasteiger charge is 2.35. The van der Waals surface area contributed by atoms with Crippen molar-refractivity contribution in [3.63, 3.8) is 0 Å². The largest absolute Gasteiger partial charge is 0.462 e. The van der Waals surface area contributed by atoms with E-state index in [9.17, 15) is 9.59 Å². The Kier molecular flexibility index (Phi) is 5.24. The molecule has 0 unspecified atom stereocenters. The van der Waals surface area contributed by atoms with Crippen molar-refractivity contribution in [2.24, 2.45) is 17.3 Å². The number of carbonyl (C=O) groups is 2. The number of hydrogen-bond acceptors (Lipinski definition) is 4. The van der Waals surface area contributed by atoms with Gasteiger partial charge in [0, 0.05) is 10.8 Å². The predicted octanol–water partition coefficient (Wildman–Crippen LogP) is 4.81. The van der Waals surface area contributed by atoms with Gasteiger partial charge in [0.1, 0.15) is 5.00 Å². The summed E-state index contributed by atoms with van der Waals surface area (Å²) in [5, 5.41) is 3.74. The Labute approximate surface area is 154 Å². The quantitative estimate of drug-likeness (QED) is 0.781. The molecule has 0 radical (unpaired) electrons. The van der Waals surface area contributed by atoms with E-state index in [0.29, 0.717) is 23.1 Å². The molecule has 0 bridgehead atoms. The number of nitrogens with one attached hydrogen (secondary N) is 1. The number of esters is 1. The molecule has 0 aromatic carbocycles.